The molecule has 0 saturated carbocycles. The summed E-state index contributed by atoms with van der Waals surface area (Å²) >= 11 is 6.12. The Morgan fingerprint density at radius 3 is 2.70 bits per heavy atom. The van der Waals surface area contributed by atoms with Gasteiger partial charge in [-0.15, -0.1) is 5.10 Å². The zero-order chi connectivity index (χ0) is 14.3. The number of hydrogen-bond donors (Lipinski definition) is 2. The molecular formula is C12H8ClN7. The summed E-state index contributed by atoms with van der Waals surface area (Å²) in [5.41, 5.74) is 13.1. The maximum Gasteiger partial charge on any atom is 0.187 e. The minimum atomic E-state index is 0.0353. The number of nitrogen functional groups attached to an aromatic ring is 2. The Kier molecular flexibility index (Phi) is 2.66. The number of hydrogen-bond acceptors (Lipinski definition) is 6. The Labute approximate surface area is 118 Å². The topological polar surface area (TPSA) is 119 Å². The molecule has 0 saturated heterocycles. The molecule has 0 radical (unpaired) electrons. The molecule has 0 unspecified atom stereocenters. The van der Waals surface area contributed by atoms with Gasteiger partial charge in [-0.05, 0) is 12.1 Å². The van der Waals surface area contributed by atoms with Crippen molar-refractivity contribution in [2.24, 2.45) is 0 Å². The molecule has 1 aromatic carbocycles. The van der Waals surface area contributed by atoms with Crippen molar-refractivity contribution in [3.8, 4) is 11.8 Å². The van der Waals surface area contributed by atoms with Gasteiger partial charge >= 0.3 is 0 Å². The molecule has 2 aromatic heterocycles. The fourth-order valence-corrected chi connectivity index (χ4v) is 2.10. The molecule has 0 bridgehead atoms. The van der Waals surface area contributed by atoms with Crippen LogP contribution >= 0.6 is 11.6 Å². The zero-order valence-corrected chi connectivity index (χ0v) is 10.8. The van der Waals surface area contributed by atoms with Gasteiger partial charge in [-0.3, -0.25) is 0 Å². The Bertz CT molecular complexity index is 862. The molecular weight excluding hydrogens is 278 g/mol. The molecule has 0 aliphatic rings. The molecule has 3 rings (SSSR count). The van der Waals surface area contributed by atoms with Gasteiger partial charge in [0.1, 0.15) is 17.5 Å². The van der Waals surface area contributed by atoms with E-state index in [1.54, 1.807) is 18.2 Å². The van der Waals surface area contributed by atoms with E-state index >= 15 is 0 Å². The summed E-state index contributed by atoms with van der Waals surface area (Å²) in [7, 11) is 0. The van der Waals surface area contributed by atoms with E-state index in [-0.39, 0.29) is 17.1 Å². The largest absolute Gasteiger partial charge is 0.396 e. The average Bonchev–Trinajstić information content (AvgIpc) is 2.83. The molecule has 2 heterocycles. The number of anilines is 2. The number of aromatic nitrogens is 4. The number of fused-ring (bicyclic) bond motifs is 1. The molecule has 20 heavy (non-hydrogen) atoms. The van der Waals surface area contributed by atoms with Crippen LogP contribution in [0.5, 0.6) is 0 Å². The molecule has 0 atom stereocenters. The second kappa shape index (κ2) is 4.36. The summed E-state index contributed by atoms with van der Waals surface area (Å²) in [6.45, 7) is 0. The van der Waals surface area contributed by atoms with Crippen LogP contribution in [0.4, 0.5) is 11.5 Å². The van der Waals surface area contributed by atoms with E-state index in [1.165, 1.54) is 4.68 Å². The Morgan fingerprint density at radius 2 is 2.00 bits per heavy atom. The third-order valence-electron chi connectivity index (χ3n) is 2.85. The number of halogens is 1. The molecule has 4 N–H and O–H groups in total. The summed E-state index contributed by atoms with van der Waals surface area (Å²) in [6.07, 6.45) is 0. The number of nitriles is 1. The molecule has 8 heteroatoms. The molecule has 3 aromatic rings. The normalized spacial score (nSPS) is 10.6. The van der Waals surface area contributed by atoms with Crippen molar-refractivity contribution in [2.75, 3.05) is 11.5 Å². The highest BCUT2D eigenvalue weighted by Gasteiger charge is 2.17. The van der Waals surface area contributed by atoms with Gasteiger partial charge in [-0.1, -0.05) is 28.9 Å². The molecule has 0 amide bonds. The molecule has 0 aliphatic carbocycles. The Hall–Kier alpha value is -2.85. The van der Waals surface area contributed by atoms with Crippen molar-refractivity contribution in [2.45, 2.75) is 0 Å². The van der Waals surface area contributed by atoms with Gasteiger partial charge in [0.25, 0.3) is 0 Å². The van der Waals surface area contributed by atoms with Crippen LogP contribution in [-0.4, -0.2) is 20.0 Å². The van der Waals surface area contributed by atoms with Crippen molar-refractivity contribution in [3.05, 3.63) is 34.9 Å². The first-order valence-electron chi connectivity index (χ1n) is 5.59. The smallest absolute Gasteiger partial charge is 0.187 e. The monoisotopic (exact) mass is 285 g/mol. The van der Waals surface area contributed by atoms with E-state index in [0.717, 1.165) is 0 Å². The lowest BCUT2D eigenvalue weighted by molar-refractivity contribution is 0.818. The zero-order valence-electron chi connectivity index (χ0n) is 10.1. The predicted octanol–water partition coefficient (Wildman–Crippen LogP) is 1.50. The van der Waals surface area contributed by atoms with E-state index in [2.05, 4.69) is 15.3 Å². The molecule has 0 aliphatic heterocycles. The number of rotatable bonds is 1. The fraction of sp³-hybridized carbons (Fsp3) is 0. The molecule has 0 fully saturated rings. The van der Waals surface area contributed by atoms with Crippen LogP contribution < -0.4 is 11.5 Å². The lowest BCUT2D eigenvalue weighted by Crippen LogP contribution is -2.04. The average molecular weight is 286 g/mol. The van der Waals surface area contributed by atoms with Crippen LogP contribution in [0.2, 0.25) is 5.02 Å². The highest BCUT2D eigenvalue weighted by atomic mass is 35.5. The minimum absolute atomic E-state index is 0.0353. The molecule has 0 spiro atoms. The maximum absolute atomic E-state index is 9.00. The van der Waals surface area contributed by atoms with Crippen molar-refractivity contribution in [1.29, 1.82) is 5.26 Å². The fourth-order valence-electron chi connectivity index (χ4n) is 1.88. The second-order valence-corrected chi connectivity index (χ2v) is 4.43. The van der Waals surface area contributed by atoms with Gasteiger partial charge in [0.2, 0.25) is 0 Å². The second-order valence-electron chi connectivity index (χ2n) is 4.02. The SMILES string of the molecule is N#Cc1c(N)nc2c(nnn2-c2ccccc2Cl)c1N. The van der Waals surface area contributed by atoms with Crippen molar-refractivity contribution in [1.82, 2.24) is 20.0 Å². The van der Waals surface area contributed by atoms with E-state index in [0.29, 0.717) is 21.9 Å². The maximum atomic E-state index is 9.00. The number of para-hydroxylation sites is 1. The van der Waals surface area contributed by atoms with Crippen LogP contribution in [0.1, 0.15) is 5.56 Å². The van der Waals surface area contributed by atoms with Crippen molar-refractivity contribution in [3.63, 3.8) is 0 Å². The van der Waals surface area contributed by atoms with E-state index in [4.69, 9.17) is 28.3 Å². The molecule has 7 nitrogen and oxygen atoms in total. The van der Waals surface area contributed by atoms with Crippen LogP contribution in [0.3, 0.4) is 0 Å². The van der Waals surface area contributed by atoms with Crippen LogP contribution in [0, 0.1) is 11.3 Å². The van der Waals surface area contributed by atoms with Gasteiger partial charge < -0.3 is 11.5 Å². The van der Waals surface area contributed by atoms with E-state index in [9.17, 15) is 0 Å². The number of benzene rings is 1. The Morgan fingerprint density at radius 1 is 1.25 bits per heavy atom. The summed E-state index contributed by atoms with van der Waals surface area (Å²) in [5.74, 6) is 0.0353. The van der Waals surface area contributed by atoms with Gasteiger partial charge in [-0.2, -0.15) is 9.94 Å². The van der Waals surface area contributed by atoms with Crippen molar-refractivity contribution < 1.29 is 0 Å². The first-order chi connectivity index (χ1) is 9.63. The van der Waals surface area contributed by atoms with E-state index in [1.807, 2.05) is 12.1 Å². The van der Waals surface area contributed by atoms with Gasteiger partial charge in [0, 0.05) is 0 Å². The molecule has 98 valence electrons. The summed E-state index contributed by atoms with van der Waals surface area (Å²) < 4.78 is 1.44. The lowest BCUT2D eigenvalue weighted by Gasteiger charge is -2.05. The Balaban J connectivity index is 2.37. The summed E-state index contributed by atoms with van der Waals surface area (Å²) in [4.78, 5) is 4.14. The summed E-state index contributed by atoms with van der Waals surface area (Å²) in [5, 5.41) is 17.4. The van der Waals surface area contributed by atoms with E-state index < -0.39 is 0 Å². The lowest BCUT2D eigenvalue weighted by atomic mass is 10.2. The first kappa shape index (κ1) is 12.2. The highest BCUT2D eigenvalue weighted by molar-refractivity contribution is 6.32. The third-order valence-corrected chi connectivity index (χ3v) is 3.17. The summed E-state index contributed by atoms with van der Waals surface area (Å²) in [6, 6.07) is 9.00. The highest BCUT2D eigenvalue weighted by Crippen LogP contribution is 2.28. The van der Waals surface area contributed by atoms with Gasteiger partial charge in [0.15, 0.2) is 11.2 Å². The quantitative estimate of drug-likeness (QED) is 0.699. The van der Waals surface area contributed by atoms with Gasteiger partial charge in [0.05, 0.1) is 16.4 Å². The number of nitrogens with two attached hydrogens (primary N) is 2. The number of pyridine rings is 1. The van der Waals surface area contributed by atoms with Crippen LogP contribution in [0.15, 0.2) is 24.3 Å². The minimum Gasteiger partial charge on any atom is -0.396 e. The predicted molar refractivity (Wildman–Crippen MR) is 75.2 cm³/mol. The number of nitrogens with zero attached hydrogens (tertiary/aromatic N) is 5. The van der Waals surface area contributed by atoms with Crippen LogP contribution in [0.25, 0.3) is 16.9 Å². The standard InChI is InChI=1S/C12H8ClN7/c13-7-3-1-2-4-8(7)20-12-10(18-19-20)9(15)6(5-14)11(16)17-12/h1-4H,(H4,15,16,17). The van der Waals surface area contributed by atoms with Gasteiger partial charge in [-0.25, -0.2) is 4.98 Å². The first-order valence-corrected chi connectivity index (χ1v) is 5.96. The van der Waals surface area contributed by atoms with Crippen LogP contribution in [-0.2, 0) is 0 Å². The third kappa shape index (κ3) is 1.63. The van der Waals surface area contributed by atoms with Crippen molar-refractivity contribution >= 4 is 34.3 Å².